The Morgan fingerprint density at radius 3 is 2.79 bits per heavy atom. The molecule has 0 radical (unpaired) electrons. The number of carbonyl (C=O) groups is 1. The summed E-state index contributed by atoms with van der Waals surface area (Å²) in [6.45, 7) is 2.24. The minimum atomic E-state index is -0.184. The highest BCUT2D eigenvalue weighted by Crippen LogP contribution is 2.27. The van der Waals surface area contributed by atoms with E-state index in [9.17, 15) is 4.79 Å². The van der Waals surface area contributed by atoms with Gasteiger partial charge in [-0.2, -0.15) is 0 Å². The van der Waals surface area contributed by atoms with Gasteiger partial charge in [-0.1, -0.05) is 52.9 Å². The summed E-state index contributed by atoms with van der Waals surface area (Å²) in [5.41, 5.74) is 1.01. The number of esters is 1. The van der Waals surface area contributed by atoms with Crippen LogP contribution in [0.25, 0.3) is 0 Å². The van der Waals surface area contributed by atoms with Crippen LogP contribution in [0.15, 0.2) is 30.3 Å². The van der Waals surface area contributed by atoms with Gasteiger partial charge in [-0.3, -0.25) is 4.79 Å². The Kier molecular flexibility index (Phi) is 5.63. The fourth-order valence-electron chi connectivity index (χ4n) is 2.23. The maximum absolute atomic E-state index is 12.0. The molecule has 19 heavy (non-hydrogen) atoms. The van der Waals surface area contributed by atoms with Crippen LogP contribution in [0.5, 0.6) is 0 Å². The maximum Gasteiger partial charge on any atom is 0.311 e. The molecule has 1 aliphatic heterocycles. The van der Waals surface area contributed by atoms with E-state index in [-0.39, 0.29) is 18.0 Å². The van der Waals surface area contributed by atoms with Crippen molar-refractivity contribution in [1.82, 2.24) is 0 Å². The van der Waals surface area contributed by atoms with Gasteiger partial charge in [0.05, 0.1) is 18.1 Å². The van der Waals surface area contributed by atoms with Crippen molar-refractivity contribution in [3.63, 3.8) is 0 Å². The molecule has 2 rings (SSSR count). The Morgan fingerprint density at radius 1 is 1.42 bits per heavy atom. The van der Waals surface area contributed by atoms with Crippen LogP contribution in [0.2, 0.25) is 0 Å². The minimum Gasteiger partial charge on any atom is -0.461 e. The van der Waals surface area contributed by atoms with Gasteiger partial charge in [0.1, 0.15) is 6.61 Å². The third-order valence-electron chi connectivity index (χ3n) is 3.47. The average Bonchev–Trinajstić information content (AvgIpc) is 2.94. The van der Waals surface area contributed by atoms with Crippen LogP contribution >= 0.6 is 22.6 Å². The molecule has 3 atom stereocenters. The Labute approximate surface area is 127 Å². The van der Waals surface area contributed by atoms with Crippen molar-refractivity contribution in [2.75, 3.05) is 4.43 Å². The predicted molar refractivity (Wildman–Crippen MR) is 82.2 cm³/mol. The highest BCUT2D eigenvalue weighted by Gasteiger charge is 2.33. The average molecular weight is 374 g/mol. The first-order chi connectivity index (χ1) is 9.20. The van der Waals surface area contributed by atoms with E-state index in [4.69, 9.17) is 9.47 Å². The van der Waals surface area contributed by atoms with Crippen LogP contribution in [0.4, 0.5) is 0 Å². The molecule has 1 heterocycles. The Morgan fingerprint density at radius 2 is 2.16 bits per heavy atom. The Balaban J connectivity index is 1.80. The molecule has 0 unspecified atom stereocenters. The van der Waals surface area contributed by atoms with Crippen molar-refractivity contribution < 1.29 is 14.3 Å². The molecule has 4 heteroatoms. The fraction of sp³-hybridized carbons (Fsp3) is 0.533. The highest BCUT2D eigenvalue weighted by molar-refractivity contribution is 14.1. The van der Waals surface area contributed by atoms with Crippen LogP contribution in [0, 0.1) is 5.92 Å². The molecule has 1 aromatic rings. The molecule has 0 amide bonds. The standard InChI is InChI=1S/C15H19IO3/c1-11(14-8-7-13(9-16)19-14)15(17)18-10-12-5-3-2-4-6-12/h2-6,11,13-14H,7-10H2,1H3/t11-,13+,14-/m0/s1. The van der Waals surface area contributed by atoms with E-state index in [2.05, 4.69) is 22.6 Å². The highest BCUT2D eigenvalue weighted by atomic mass is 127. The van der Waals surface area contributed by atoms with Gasteiger partial charge in [0.2, 0.25) is 0 Å². The lowest BCUT2D eigenvalue weighted by Crippen LogP contribution is -2.28. The van der Waals surface area contributed by atoms with E-state index in [0.717, 1.165) is 22.8 Å². The molecule has 0 aromatic heterocycles. The first kappa shape index (κ1) is 14.8. The Bertz CT molecular complexity index is 407. The number of alkyl halides is 1. The minimum absolute atomic E-state index is 0.0167. The van der Waals surface area contributed by atoms with Gasteiger partial charge in [-0.25, -0.2) is 0 Å². The zero-order valence-electron chi connectivity index (χ0n) is 11.0. The lowest BCUT2D eigenvalue weighted by atomic mass is 10.0. The molecule has 1 saturated heterocycles. The monoisotopic (exact) mass is 374 g/mol. The van der Waals surface area contributed by atoms with E-state index in [1.54, 1.807) is 0 Å². The number of carbonyl (C=O) groups excluding carboxylic acids is 1. The SMILES string of the molecule is C[C@H](C(=O)OCc1ccccc1)[C@@H]1CC[C@H](CI)O1. The summed E-state index contributed by atoms with van der Waals surface area (Å²) in [6, 6.07) is 9.74. The molecule has 0 bridgehead atoms. The summed E-state index contributed by atoms with van der Waals surface area (Å²) in [7, 11) is 0. The van der Waals surface area contributed by atoms with Gasteiger partial charge in [-0.05, 0) is 25.3 Å². The van der Waals surface area contributed by atoms with Crippen molar-refractivity contribution in [2.24, 2.45) is 5.92 Å². The van der Waals surface area contributed by atoms with Crippen LogP contribution in [-0.4, -0.2) is 22.6 Å². The van der Waals surface area contributed by atoms with Crippen molar-refractivity contribution in [1.29, 1.82) is 0 Å². The second kappa shape index (κ2) is 7.24. The molecule has 1 aromatic carbocycles. The first-order valence-corrected chi connectivity index (χ1v) is 8.15. The summed E-state index contributed by atoms with van der Waals surface area (Å²) in [4.78, 5) is 12.0. The number of ether oxygens (including phenoxy) is 2. The first-order valence-electron chi connectivity index (χ1n) is 6.62. The van der Waals surface area contributed by atoms with Crippen molar-refractivity contribution >= 4 is 28.6 Å². The molecule has 104 valence electrons. The molecule has 1 fully saturated rings. The quantitative estimate of drug-likeness (QED) is 0.451. The van der Waals surface area contributed by atoms with Gasteiger partial charge < -0.3 is 9.47 Å². The zero-order chi connectivity index (χ0) is 13.7. The zero-order valence-corrected chi connectivity index (χ0v) is 13.2. The van der Waals surface area contributed by atoms with Gasteiger partial charge >= 0.3 is 5.97 Å². The topological polar surface area (TPSA) is 35.5 Å². The number of benzene rings is 1. The van der Waals surface area contributed by atoms with Crippen LogP contribution in [0.3, 0.4) is 0 Å². The molecule has 0 aliphatic carbocycles. The van der Waals surface area contributed by atoms with Crippen LogP contribution in [0.1, 0.15) is 25.3 Å². The van der Waals surface area contributed by atoms with Gasteiger partial charge in [0.25, 0.3) is 0 Å². The van der Waals surface area contributed by atoms with E-state index >= 15 is 0 Å². The summed E-state index contributed by atoms with van der Waals surface area (Å²) in [5.74, 6) is -0.348. The Hall–Kier alpha value is -0.620. The molecule has 0 N–H and O–H groups in total. The van der Waals surface area contributed by atoms with Crippen molar-refractivity contribution in [2.45, 2.75) is 38.6 Å². The van der Waals surface area contributed by atoms with E-state index < -0.39 is 0 Å². The lowest BCUT2D eigenvalue weighted by Gasteiger charge is -2.18. The number of rotatable bonds is 5. The summed E-state index contributed by atoms with van der Waals surface area (Å²) < 4.78 is 12.2. The molecular formula is C15H19IO3. The summed E-state index contributed by atoms with van der Waals surface area (Å²) in [6.07, 6.45) is 2.32. The van der Waals surface area contributed by atoms with Crippen LogP contribution in [-0.2, 0) is 20.9 Å². The van der Waals surface area contributed by atoms with Gasteiger partial charge in [0.15, 0.2) is 0 Å². The second-order valence-corrected chi connectivity index (χ2v) is 5.79. The third kappa shape index (κ3) is 4.18. The predicted octanol–water partition coefficient (Wildman–Crippen LogP) is 3.35. The number of hydrogen-bond donors (Lipinski definition) is 0. The normalized spacial score (nSPS) is 24.1. The van der Waals surface area contributed by atoms with Crippen molar-refractivity contribution in [3.8, 4) is 0 Å². The van der Waals surface area contributed by atoms with E-state index in [0.29, 0.717) is 12.7 Å². The molecule has 3 nitrogen and oxygen atoms in total. The van der Waals surface area contributed by atoms with Crippen LogP contribution < -0.4 is 0 Å². The number of hydrogen-bond acceptors (Lipinski definition) is 3. The van der Waals surface area contributed by atoms with Gasteiger partial charge in [0, 0.05) is 4.43 Å². The largest absolute Gasteiger partial charge is 0.461 e. The molecule has 1 aliphatic rings. The lowest BCUT2D eigenvalue weighted by molar-refractivity contribution is -0.154. The van der Waals surface area contributed by atoms with Crippen molar-refractivity contribution in [3.05, 3.63) is 35.9 Å². The summed E-state index contributed by atoms with van der Waals surface area (Å²) >= 11 is 2.32. The fourth-order valence-corrected chi connectivity index (χ4v) is 2.87. The molecule has 0 saturated carbocycles. The maximum atomic E-state index is 12.0. The van der Waals surface area contributed by atoms with Gasteiger partial charge in [-0.15, -0.1) is 0 Å². The summed E-state index contributed by atoms with van der Waals surface area (Å²) in [5, 5.41) is 0. The third-order valence-corrected chi connectivity index (χ3v) is 4.45. The second-order valence-electron chi connectivity index (χ2n) is 4.91. The molecule has 0 spiro atoms. The van der Waals surface area contributed by atoms with E-state index in [1.807, 2.05) is 37.3 Å². The van der Waals surface area contributed by atoms with E-state index in [1.165, 1.54) is 0 Å². The smallest absolute Gasteiger partial charge is 0.311 e. The molecular weight excluding hydrogens is 355 g/mol. The number of halogens is 1.